The zero-order valence-corrected chi connectivity index (χ0v) is 15.7. The molecule has 28 heavy (non-hydrogen) atoms. The number of nitrogens with one attached hydrogen (secondary N) is 2. The number of anilines is 2. The van der Waals surface area contributed by atoms with Crippen molar-refractivity contribution in [3.8, 4) is 0 Å². The van der Waals surface area contributed by atoms with Crippen molar-refractivity contribution in [1.29, 1.82) is 0 Å². The lowest BCUT2D eigenvalue weighted by molar-refractivity contribution is 0.0981. The van der Waals surface area contributed by atoms with Gasteiger partial charge in [-0.2, -0.15) is 0 Å². The average Bonchev–Trinajstić information content (AvgIpc) is 2.70. The Labute approximate surface area is 162 Å². The first-order valence-corrected chi connectivity index (χ1v) is 9.27. The Morgan fingerprint density at radius 2 is 1.96 bits per heavy atom. The molecule has 2 N–H and O–H groups in total. The van der Waals surface area contributed by atoms with E-state index < -0.39 is 11.7 Å². The van der Waals surface area contributed by atoms with E-state index in [0.717, 1.165) is 18.5 Å². The van der Waals surface area contributed by atoms with Crippen LogP contribution in [-0.4, -0.2) is 47.6 Å². The molecule has 1 aliphatic rings. The number of rotatable bonds is 5. The summed E-state index contributed by atoms with van der Waals surface area (Å²) in [4.78, 5) is 29.8. The van der Waals surface area contributed by atoms with Gasteiger partial charge in [0.2, 0.25) is 0 Å². The van der Waals surface area contributed by atoms with Gasteiger partial charge in [0, 0.05) is 19.1 Å². The van der Waals surface area contributed by atoms with Crippen molar-refractivity contribution >= 4 is 23.5 Å². The van der Waals surface area contributed by atoms with E-state index in [1.54, 1.807) is 30.2 Å². The number of amides is 2. The molecular weight excluding hydrogens is 363 g/mol. The number of aromatic nitrogens is 1. The molecular formula is C20H23FN4O3. The third-order valence-corrected chi connectivity index (χ3v) is 4.52. The fourth-order valence-electron chi connectivity index (χ4n) is 3.04. The van der Waals surface area contributed by atoms with E-state index in [1.807, 2.05) is 6.07 Å². The summed E-state index contributed by atoms with van der Waals surface area (Å²) >= 11 is 0. The second kappa shape index (κ2) is 9.16. The summed E-state index contributed by atoms with van der Waals surface area (Å²) in [5.74, 6) is -0.777. The lowest BCUT2D eigenvalue weighted by atomic mass is 10.1. The Bertz CT molecular complexity index is 820. The molecule has 1 aromatic heterocycles. The summed E-state index contributed by atoms with van der Waals surface area (Å²) in [6.45, 7) is 3.45. The number of hydrogen-bond donors (Lipinski definition) is 2. The van der Waals surface area contributed by atoms with Crippen molar-refractivity contribution in [3.63, 3.8) is 0 Å². The molecule has 0 bridgehead atoms. The minimum absolute atomic E-state index is 0.0279. The molecule has 2 heterocycles. The van der Waals surface area contributed by atoms with Crippen LogP contribution in [0.5, 0.6) is 0 Å². The standard InChI is InChI=1S/C20H23FN4O3/c1-2-28-20(27)25-11-9-14(10-12-25)23-15-7-8-18(22-13-15)24-19(26)16-5-3-4-6-17(16)21/h3-8,13-14,23H,2,9-12H2,1H3,(H,22,24,26). The molecule has 2 aromatic rings. The van der Waals surface area contributed by atoms with Crippen LogP contribution in [0.25, 0.3) is 0 Å². The van der Waals surface area contributed by atoms with Crippen LogP contribution in [-0.2, 0) is 4.74 Å². The lowest BCUT2D eigenvalue weighted by Crippen LogP contribution is -2.42. The van der Waals surface area contributed by atoms with Crippen LogP contribution in [0.3, 0.4) is 0 Å². The minimum Gasteiger partial charge on any atom is -0.450 e. The predicted molar refractivity (Wildman–Crippen MR) is 104 cm³/mol. The van der Waals surface area contributed by atoms with E-state index >= 15 is 0 Å². The summed E-state index contributed by atoms with van der Waals surface area (Å²) in [7, 11) is 0. The van der Waals surface area contributed by atoms with Gasteiger partial charge in [-0.25, -0.2) is 14.2 Å². The first kappa shape index (κ1) is 19.6. The molecule has 8 heteroatoms. The van der Waals surface area contributed by atoms with Gasteiger partial charge in [-0.05, 0) is 44.0 Å². The molecule has 0 spiro atoms. The SMILES string of the molecule is CCOC(=O)N1CCC(Nc2ccc(NC(=O)c3ccccc3F)nc2)CC1. The normalized spacial score (nSPS) is 14.4. The summed E-state index contributed by atoms with van der Waals surface area (Å²) in [6.07, 6.45) is 2.97. The van der Waals surface area contributed by atoms with Crippen molar-refractivity contribution in [1.82, 2.24) is 9.88 Å². The van der Waals surface area contributed by atoms with E-state index in [2.05, 4.69) is 15.6 Å². The van der Waals surface area contributed by atoms with Gasteiger partial charge in [-0.1, -0.05) is 12.1 Å². The fourth-order valence-corrected chi connectivity index (χ4v) is 3.04. The van der Waals surface area contributed by atoms with Gasteiger partial charge in [0.1, 0.15) is 11.6 Å². The molecule has 3 rings (SSSR count). The van der Waals surface area contributed by atoms with Crippen LogP contribution in [0.15, 0.2) is 42.6 Å². The van der Waals surface area contributed by atoms with Gasteiger partial charge in [-0.15, -0.1) is 0 Å². The van der Waals surface area contributed by atoms with Crippen molar-refractivity contribution in [2.24, 2.45) is 0 Å². The maximum absolute atomic E-state index is 13.7. The largest absolute Gasteiger partial charge is 0.450 e. The van der Waals surface area contributed by atoms with Gasteiger partial charge in [0.05, 0.1) is 24.1 Å². The van der Waals surface area contributed by atoms with Crippen LogP contribution < -0.4 is 10.6 Å². The Kier molecular flexibility index (Phi) is 6.41. The number of halogens is 1. The van der Waals surface area contributed by atoms with Crippen molar-refractivity contribution in [3.05, 3.63) is 54.0 Å². The molecule has 1 aromatic carbocycles. The summed E-state index contributed by atoms with van der Waals surface area (Å²) in [6, 6.07) is 9.49. The zero-order valence-electron chi connectivity index (χ0n) is 15.7. The first-order valence-electron chi connectivity index (χ1n) is 9.27. The Morgan fingerprint density at radius 1 is 1.21 bits per heavy atom. The predicted octanol–water partition coefficient (Wildman–Crippen LogP) is 3.51. The summed E-state index contributed by atoms with van der Waals surface area (Å²) in [5, 5.41) is 5.96. The Balaban J connectivity index is 1.51. The number of piperidine rings is 1. The molecule has 1 saturated heterocycles. The number of benzene rings is 1. The zero-order chi connectivity index (χ0) is 19.9. The molecule has 1 fully saturated rings. The van der Waals surface area contributed by atoms with Crippen LogP contribution in [0, 0.1) is 5.82 Å². The first-order chi connectivity index (χ1) is 13.6. The monoisotopic (exact) mass is 386 g/mol. The molecule has 0 unspecified atom stereocenters. The van der Waals surface area contributed by atoms with Crippen molar-refractivity contribution in [2.75, 3.05) is 30.3 Å². The van der Waals surface area contributed by atoms with E-state index in [-0.39, 0.29) is 17.7 Å². The highest BCUT2D eigenvalue weighted by Gasteiger charge is 2.23. The van der Waals surface area contributed by atoms with Gasteiger partial charge < -0.3 is 20.3 Å². The maximum Gasteiger partial charge on any atom is 0.409 e. The second-order valence-electron chi connectivity index (χ2n) is 6.47. The molecule has 148 valence electrons. The smallest absolute Gasteiger partial charge is 0.409 e. The van der Waals surface area contributed by atoms with Crippen molar-refractivity contribution in [2.45, 2.75) is 25.8 Å². The Morgan fingerprint density at radius 3 is 2.61 bits per heavy atom. The van der Waals surface area contributed by atoms with Crippen LogP contribution >= 0.6 is 0 Å². The third kappa shape index (κ3) is 4.97. The van der Waals surface area contributed by atoms with E-state index in [0.29, 0.717) is 25.5 Å². The van der Waals surface area contributed by atoms with Gasteiger partial charge in [0.25, 0.3) is 5.91 Å². The fraction of sp³-hybridized carbons (Fsp3) is 0.350. The van der Waals surface area contributed by atoms with E-state index in [1.165, 1.54) is 18.2 Å². The van der Waals surface area contributed by atoms with Gasteiger partial charge in [0.15, 0.2) is 0 Å². The molecule has 7 nitrogen and oxygen atoms in total. The number of carbonyl (C=O) groups excluding carboxylic acids is 2. The number of nitrogens with zero attached hydrogens (tertiary/aromatic N) is 2. The van der Waals surface area contributed by atoms with Crippen LogP contribution in [0.4, 0.5) is 20.7 Å². The third-order valence-electron chi connectivity index (χ3n) is 4.52. The van der Waals surface area contributed by atoms with Gasteiger partial charge in [-0.3, -0.25) is 4.79 Å². The molecule has 0 atom stereocenters. The minimum atomic E-state index is -0.576. The number of likely N-dealkylation sites (tertiary alicyclic amines) is 1. The molecule has 0 aliphatic carbocycles. The maximum atomic E-state index is 13.7. The van der Waals surface area contributed by atoms with Crippen LogP contribution in [0.2, 0.25) is 0 Å². The number of ether oxygens (including phenoxy) is 1. The Hall–Kier alpha value is -3.16. The highest BCUT2D eigenvalue weighted by molar-refractivity contribution is 6.03. The number of hydrogen-bond acceptors (Lipinski definition) is 5. The summed E-state index contributed by atoms with van der Waals surface area (Å²) in [5.41, 5.74) is 0.790. The average molecular weight is 386 g/mol. The second-order valence-corrected chi connectivity index (χ2v) is 6.47. The highest BCUT2D eigenvalue weighted by Crippen LogP contribution is 2.18. The van der Waals surface area contributed by atoms with E-state index in [4.69, 9.17) is 4.74 Å². The number of carbonyl (C=O) groups is 2. The highest BCUT2D eigenvalue weighted by atomic mass is 19.1. The molecule has 2 amide bonds. The van der Waals surface area contributed by atoms with Crippen molar-refractivity contribution < 1.29 is 18.7 Å². The molecule has 0 radical (unpaired) electrons. The van der Waals surface area contributed by atoms with Crippen LogP contribution in [0.1, 0.15) is 30.1 Å². The lowest BCUT2D eigenvalue weighted by Gasteiger charge is -2.32. The molecule has 1 aliphatic heterocycles. The summed E-state index contributed by atoms with van der Waals surface area (Å²) < 4.78 is 18.7. The number of pyridine rings is 1. The quantitative estimate of drug-likeness (QED) is 0.822. The van der Waals surface area contributed by atoms with Gasteiger partial charge >= 0.3 is 6.09 Å². The van der Waals surface area contributed by atoms with E-state index in [9.17, 15) is 14.0 Å². The topological polar surface area (TPSA) is 83.6 Å². The molecule has 0 saturated carbocycles.